The molecule has 1 aromatic heterocycles. The lowest BCUT2D eigenvalue weighted by Gasteiger charge is -2.04. The largest absolute Gasteiger partial charge is 0.492 e. The number of rotatable bonds is 3. The molecular formula is C17H13Cl2N3O. The van der Waals surface area contributed by atoms with E-state index in [4.69, 9.17) is 27.9 Å². The van der Waals surface area contributed by atoms with Crippen LogP contribution < -0.4 is 0 Å². The molecule has 3 rings (SSSR count). The lowest BCUT2D eigenvalue weighted by atomic mass is 10.0. The Hall–Kier alpha value is -2.17. The fraction of sp³-hybridized carbons (Fsp3) is 0.118. The standard InChI is InChI=1S/C17H13Cl2N3O/c1-2-6-11(15-20-16(18)22-17(19)21-15)9-12-10-23-14-8-5-3-4-7-13(12)14/h2-7,9H,1,8,10H2/b11-6+,12-9+. The first-order valence-electron chi connectivity index (χ1n) is 6.97. The zero-order valence-corrected chi connectivity index (χ0v) is 13.7. The second kappa shape index (κ2) is 6.94. The van der Waals surface area contributed by atoms with Crippen LogP contribution in [0.15, 0.2) is 66.0 Å². The summed E-state index contributed by atoms with van der Waals surface area (Å²) in [5.41, 5.74) is 2.86. The number of allylic oxidation sites excluding steroid dienone is 8. The zero-order chi connectivity index (χ0) is 16.2. The lowest BCUT2D eigenvalue weighted by molar-refractivity contribution is 0.256. The van der Waals surface area contributed by atoms with Gasteiger partial charge in [-0.3, -0.25) is 0 Å². The number of aromatic nitrogens is 3. The Labute approximate surface area is 144 Å². The van der Waals surface area contributed by atoms with Crippen molar-refractivity contribution in [3.63, 3.8) is 0 Å². The van der Waals surface area contributed by atoms with Gasteiger partial charge in [0.2, 0.25) is 10.6 Å². The second-order valence-corrected chi connectivity index (χ2v) is 5.52. The van der Waals surface area contributed by atoms with Gasteiger partial charge in [-0.1, -0.05) is 43.0 Å². The fourth-order valence-corrected chi connectivity index (χ4v) is 2.71. The molecule has 0 saturated heterocycles. The fourth-order valence-electron chi connectivity index (χ4n) is 2.35. The highest BCUT2D eigenvalue weighted by Crippen LogP contribution is 2.32. The predicted octanol–water partition coefficient (Wildman–Crippen LogP) is 4.47. The van der Waals surface area contributed by atoms with Crippen LogP contribution in [0.5, 0.6) is 0 Å². The number of ether oxygens (including phenoxy) is 1. The van der Waals surface area contributed by atoms with E-state index in [9.17, 15) is 0 Å². The Kier molecular flexibility index (Phi) is 4.74. The van der Waals surface area contributed by atoms with Crippen molar-refractivity contribution in [1.29, 1.82) is 0 Å². The Morgan fingerprint density at radius 2 is 1.96 bits per heavy atom. The lowest BCUT2D eigenvalue weighted by Crippen LogP contribution is -1.98. The maximum absolute atomic E-state index is 5.87. The van der Waals surface area contributed by atoms with Gasteiger partial charge in [0.05, 0.1) is 0 Å². The first-order chi connectivity index (χ1) is 11.2. The van der Waals surface area contributed by atoms with Crippen LogP contribution in [0.2, 0.25) is 10.6 Å². The Morgan fingerprint density at radius 1 is 1.17 bits per heavy atom. The molecule has 0 amide bonds. The summed E-state index contributed by atoms with van der Waals surface area (Å²) >= 11 is 11.7. The minimum atomic E-state index is 0.0505. The van der Waals surface area contributed by atoms with Gasteiger partial charge in [0.25, 0.3) is 0 Å². The molecule has 0 fully saturated rings. The van der Waals surface area contributed by atoms with E-state index < -0.39 is 0 Å². The van der Waals surface area contributed by atoms with Gasteiger partial charge in [-0.2, -0.15) is 15.0 Å². The van der Waals surface area contributed by atoms with Crippen LogP contribution >= 0.6 is 23.2 Å². The zero-order valence-electron chi connectivity index (χ0n) is 12.2. The number of hydrogen-bond acceptors (Lipinski definition) is 4. The summed E-state index contributed by atoms with van der Waals surface area (Å²) in [5.74, 6) is 1.36. The first kappa shape index (κ1) is 15.7. The molecule has 0 aromatic carbocycles. The molecule has 1 aliphatic heterocycles. The van der Waals surface area contributed by atoms with E-state index in [2.05, 4.69) is 27.6 Å². The Balaban J connectivity index is 2.02. The number of halogens is 2. The van der Waals surface area contributed by atoms with Gasteiger partial charge >= 0.3 is 0 Å². The molecule has 0 radical (unpaired) electrons. The Morgan fingerprint density at radius 3 is 2.70 bits per heavy atom. The van der Waals surface area contributed by atoms with Crippen LogP contribution in [0.25, 0.3) is 5.57 Å². The molecule has 0 N–H and O–H groups in total. The predicted molar refractivity (Wildman–Crippen MR) is 92.0 cm³/mol. The summed E-state index contributed by atoms with van der Waals surface area (Å²) in [6.45, 7) is 4.24. The number of nitrogens with zero attached hydrogens (tertiary/aromatic N) is 3. The smallest absolute Gasteiger partial charge is 0.227 e. The van der Waals surface area contributed by atoms with E-state index in [0.29, 0.717) is 12.4 Å². The molecule has 0 saturated carbocycles. The normalized spacial score (nSPS) is 18.9. The average Bonchev–Trinajstić information content (AvgIpc) is 2.74. The van der Waals surface area contributed by atoms with Crippen LogP contribution in [-0.4, -0.2) is 21.6 Å². The molecule has 23 heavy (non-hydrogen) atoms. The molecule has 2 heterocycles. The van der Waals surface area contributed by atoms with E-state index in [0.717, 1.165) is 28.9 Å². The van der Waals surface area contributed by atoms with Crippen molar-refractivity contribution in [2.24, 2.45) is 0 Å². The molecular weight excluding hydrogens is 333 g/mol. The highest BCUT2D eigenvalue weighted by molar-refractivity contribution is 6.31. The maximum atomic E-state index is 5.87. The SMILES string of the molecule is C=C/C=C(\C=C1/COC2=C1C=CC=CC2)c1nc(Cl)nc(Cl)n1. The summed E-state index contributed by atoms with van der Waals surface area (Å²) < 4.78 is 5.76. The highest BCUT2D eigenvalue weighted by atomic mass is 35.5. The summed E-state index contributed by atoms with van der Waals surface area (Å²) in [6, 6.07) is 0. The van der Waals surface area contributed by atoms with E-state index in [1.807, 2.05) is 24.3 Å². The summed E-state index contributed by atoms with van der Waals surface area (Å²) in [7, 11) is 0. The van der Waals surface area contributed by atoms with Crippen LogP contribution in [0.4, 0.5) is 0 Å². The third-order valence-corrected chi connectivity index (χ3v) is 3.67. The molecule has 6 heteroatoms. The topological polar surface area (TPSA) is 47.9 Å². The maximum Gasteiger partial charge on any atom is 0.227 e. The van der Waals surface area contributed by atoms with Crippen LogP contribution in [0, 0.1) is 0 Å². The first-order valence-corrected chi connectivity index (χ1v) is 7.73. The van der Waals surface area contributed by atoms with Crippen LogP contribution in [0.3, 0.4) is 0 Å². The summed E-state index contributed by atoms with van der Waals surface area (Å²) in [4.78, 5) is 12.0. The minimum absolute atomic E-state index is 0.0505. The van der Waals surface area contributed by atoms with Crippen molar-refractivity contribution in [2.45, 2.75) is 6.42 Å². The Bertz CT molecular complexity index is 784. The van der Waals surface area contributed by atoms with Crippen molar-refractivity contribution in [1.82, 2.24) is 15.0 Å². The quantitative estimate of drug-likeness (QED) is 0.758. The molecule has 0 unspecified atom stereocenters. The van der Waals surface area contributed by atoms with Gasteiger partial charge in [0, 0.05) is 23.1 Å². The van der Waals surface area contributed by atoms with Crippen LogP contribution in [0.1, 0.15) is 12.2 Å². The van der Waals surface area contributed by atoms with E-state index in [1.165, 1.54) is 0 Å². The minimum Gasteiger partial charge on any atom is -0.492 e. The summed E-state index contributed by atoms with van der Waals surface area (Å²) in [5, 5.41) is 0.101. The van der Waals surface area contributed by atoms with Crippen LogP contribution in [-0.2, 0) is 4.74 Å². The third kappa shape index (κ3) is 3.60. The van der Waals surface area contributed by atoms with Gasteiger partial charge < -0.3 is 4.74 Å². The summed E-state index contributed by atoms with van der Waals surface area (Å²) in [6.07, 6.45) is 14.3. The molecule has 4 nitrogen and oxygen atoms in total. The molecule has 0 spiro atoms. The highest BCUT2D eigenvalue weighted by Gasteiger charge is 2.20. The van der Waals surface area contributed by atoms with Gasteiger partial charge in [-0.05, 0) is 29.3 Å². The van der Waals surface area contributed by atoms with E-state index in [-0.39, 0.29) is 10.6 Å². The monoisotopic (exact) mass is 345 g/mol. The van der Waals surface area contributed by atoms with Crippen molar-refractivity contribution >= 4 is 28.8 Å². The molecule has 116 valence electrons. The third-order valence-electron chi connectivity index (χ3n) is 3.33. The van der Waals surface area contributed by atoms with Gasteiger partial charge in [0.1, 0.15) is 12.4 Å². The van der Waals surface area contributed by atoms with Crippen molar-refractivity contribution < 1.29 is 4.74 Å². The van der Waals surface area contributed by atoms with Crippen molar-refractivity contribution in [2.75, 3.05) is 6.61 Å². The molecule has 0 atom stereocenters. The average molecular weight is 346 g/mol. The van der Waals surface area contributed by atoms with E-state index >= 15 is 0 Å². The molecule has 2 aliphatic rings. The molecule has 1 aromatic rings. The van der Waals surface area contributed by atoms with E-state index in [1.54, 1.807) is 12.2 Å². The molecule has 1 aliphatic carbocycles. The van der Waals surface area contributed by atoms with Gasteiger partial charge in [-0.25, -0.2) is 0 Å². The van der Waals surface area contributed by atoms with Gasteiger partial charge in [0.15, 0.2) is 5.82 Å². The number of hydrogen-bond donors (Lipinski definition) is 0. The van der Waals surface area contributed by atoms with Crippen molar-refractivity contribution in [3.05, 3.63) is 82.4 Å². The van der Waals surface area contributed by atoms with Gasteiger partial charge in [-0.15, -0.1) is 0 Å². The second-order valence-electron chi connectivity index (χ2n) is 4.84. The molecule has 0 bridgehead atoms. The van der Waals surface area contributed by atoms with Crippen molar-refractivity contribution in [3.8, 4) is 0 Å².